The summed E-state index contributed by atoms with van der Waals surface area (Å²) in [5, 5.41) is 3.48. The Morgan fingerprint density at radius 2 is 2.15 bits per heavy atom. The molecule has 0 aromatic heterocycles. The van der Waals surface area contributed by atoms with Gasteiger partial charge in [-0.1, -0.05) is 32.4 Å². The van der Waals surface area contributed by atoms with E-state index in [2.05, 4.69) is 19.2 Å². The summed E-state index contributed by atoms with van der Waals surface area (Å²) in [6.07, 6.45) is 0.938. The van der Waals surface area contributed by atoms with Gasteiger partial charge in [-0.15, -0.1) is 0 Å². The quantitative estimate of drug-likeness (QED) is 0.898. The minimum Gasteiger partial charge on any atom is -0.497 e. The second-order valence-electron chi connectivity index (χ2n) is 5.33. The van der Waals surface area contributed by atoms with Crippen molar-refractivity contribution < 1.29 is 9.53 Å². The Labute approximate surface area is 121 Å². The number of carbonyl (C=O) groups excluding carboxylic acids is 1. The van der Waals surface area contributed by atoms with Gasteiger partial charge < -0.3 is 9.64 Å². The summed E-state index contributed by atoms with van der Waals surface area (Å²) in [7, 11) is 1.66. The fourth-order valence-corrected chi connectivity index (χ4v) is 2.71. The highest BCUT2D eigenvalue weighted by molar-refractivity contribution is 5.84. The summed E-state index contributed by atoms with van der Waals surface area (Å²) in [4.78, 5) is 14.4. The molecule has 1 heterocycles. The van der Waals surface area contributed by atoms with Gasteiger partial charge in [0.2, 0.25) is 5.91 Å². The van der Waals surface area contributed by atoms with Crippen LogP contribution in [0.15, 0.2) is 24.3 Å². The van der Waals surface area contributed by atoms with Crippen LogP contribution in [0.1, 0.15) is 38.9 Å². The standard InChI is InChI=1S/C16H24N2O2/c1-5-11(3)14-16(19)18(6-2)15(17-14)12-8-7-9-13(10-12)20-4/h7-11,14-15,17H,5-6H2,1-4H3. The summed E-state index contributed by atoms with van der Waals surface area (Å²) < 4.78 is 5.27. The zero-order valence-corrected chi connectivity index (χ0v) is 12.7. The van der Waals surface area contributed by atoms with Gasteiger partial charge in [0.1, 0.15) is 11.9 Å². The van der Waals surface area contributed by atoms with Crippen LogP contribution in [0.25, 0.3) is 0 Å². The topological polar surface area (TPSA) is 41.6 Å². The molecule has 20 heavy (non-hydrogen) atoms. The maximum Gasteiger partial charge on any atom is 0.241 e. The van der Waals surface area contributed by atoms with E-state index in [-0.39, 0.29) is 18.1 Å². The predicted octanol–water partition coefficient (Wildman–Crippen LogP) is 2.56. The summed E-state index contributed by atoms with van der Waals surface area (Å²) >= 11 is 0. The van der Waals surface area contributed by atoms with Crippen LogP contribution < -0.4 is 10.1 Å². The lowest BCUT2D eigenvalue weighted by atomic mass is 9.99. The number of benzene rings is 1. The number of methoxy groups -OCH3 is 1. The molecule has 4 heteroatoms. The van der Waals surface area contributed by atoms with E-state index in [1.54, 1.807) is 7.11 Å². The third-order valence-corrected chi connectivity index (χ3v) is 4.16. The Bertz CT molecular complexity index is 475. The van der Waals surface area contributed by atoms with Crippen molar-refractivity contribution in [3.8, 4) is 5.75 Å². The molecule has 1 aromatic carbocycles. The van der Waals surface area contributed by atoms with E-state index in [0.29, 0.717) is 12.5 Å². The van der Waals surface area contributed by atoms with Gasteiger partial charge in [-0.3, -0.25) is 10.1 Å². The Balaban J connectivity index is 2.28. The second-order valence-corrected chi connectivity index (χ2v) is 5.33. The van der Waals surface area contributed by atoms with Crippen LogP contribution in [-0.2, 0) is 4.79 Å². The number of ether oxygens (including phenoxy) is 1. The van der Waals surface area contributed by atoms with Gasteiger partial charge in [0.25, 0.3) is 0 Å². The van der Waals surface area contributed by atoms with Crippen molar-refractivity contribution in [2.24, 2.45) is 5.92 Å². The maximum absolute atomic E-state index is 12.5. The van der Waals surface area contributed by atoms with E-state index in [0.717, 1.165) is 17.7 Å². The number of amides is 1. The molecule has 3 unspecified atom stereocenters. The first-order valence-electron chi connectivity index (χ1n) is 7.32. The zero-order valence-electron chi connectivity index (χ0n) is 12.7. The van der Waals surface area contributed by atoms with Gasteiger partial charge in [-0.25, -0.2) is 0 Å². The molecule has 2 rings (SSSR count). The van der Waals surface area contributed by atoms with Gasteiger partial charge in [0, 0.05) is 6.54 Å². The molecule has 1 N–H and O–H groups in total. The molecule has 1 aromatic rings. The van der Waals surface area contributed by atoms with E-state index in [4.69, 9.17) is 4.74 Å². The molecule has 1 saturated heterocycles. The van der Waals surface area contributed by atoms with Crippen molar-refractivity contribution in [2.75, 3.05) is 13.7 Å². The molecular weight excluding hydrogens is 252 g/mol. The minimum absolute atomic E-state index is 0.0541. The molecule has 110 valence electrons. The fourth-order valence-electron chi connectivity index (χ4n) is 2.71. The van der Waals surface area contributed by atoms with Gasteiger partial charge in [-0.2, -0.15) is 0 Å². The van der Waals surface area contributed by atoms with Gasteiger partial charge in [0.15, 0.2) is 0 Å². The van der Waals surface area contributed by atoms with Gasteiger partial charge in [-0.05, 0) is 30.5 Å². The number of rotatable bonds is 5. The lowest BCUT2D eigenvalue weighted by molar-refractivity contribution is -0.130. The average molecular weight is 276 g/mol. The van der Waals surface area contributed by atoms with E-state index in [9.17, 15) is 4.79 Å². The molecule has 4 nitrogen and oxygen atoms in total. The van der Waals surface area contributed by atoms with Crippen molar-refractivity contribution in [2.45, 2.75) is 39.4 Å². The van der Waals surface area contributed by atoms with Crippen molar-refractivity contribution in [3.05, 3.63) is 29.8 Å². The van der Waals surface area contributed by atoms with Crippen LogP contribution in [0.3, 0.4) is 0 Å². The highest BCUT2D eigenvalue weighted by Crippen LogP contribution is 2.30. The first-order valence-corrected chi connectivity index (χ1v) is 7.32. The first kappa shape index (κ1) is 14.9. The largest absolute Gasteiger partial charge is 0.497 e. The summed E-state index contributed by atoms with van der Waals surface area (Å²) in [6, 6.07) is 7.82. The van der Waals surface area contributed by atoms with Gasteiger partial charge >= 0.3 is 0 Å². The van der Waals surface area contributed by atoms with Crippen LogP contribution >= 0.6 is 0 Å². The van der Waals surface area contributed by atoms with E-state index >= 15 is 0 Å². The van der Waals surface area contributed by atoms with E-state index in [1.807, 2.05) is 36.1 Å². The van der Waals surface area contributed by atoms with Crippen molar-refractivity contribution >= 4 is 5.91 Å². The van der Waals surface area contributed by atoms with Crippen LogP contribution in [0.4, 0.5) is 0 Å². The normalized spacial score (nSPS) is 24.0. The number of nitrogens with zero attached hydrogens (tertiary/aromatic N) is 1. The van der Waals surface area contributed by atoms with Crippen molar-refractivity contribution in [1.29, 1.82) is 0 Å². The smallest absolute Gasteiger partial charge is 0.241 e. The lowest BCUT2D eigenvalue weighted by Crippen LogP contribution is -2.35. The lowest BCUT2D eigenvalue weighted by Gasteiger charge is -2.23. The second kappa shape index (κ2) is 6.27. The molecule has 0 spiro atoms. The van der Waals surface area contributed by atoms with Crippen LogP contribution in [-0.4, -0.2) is 30.5 Å². The highest BCUT2D eigenvalue weighted by atomic mass is 16.5. The summed E-state index contributed by atoms with van der Waals surface area (Å²) in [5.74, 6) is 1.36. The number of likely N-dealkylation sites (N-methyl/N-ethyl adjacent to an activating group) is 1. The van der Waals surface area contributed by atoms with Crippen LogP contribution in [0.5, 0.6) is 5.75 Å². The van der Waals surface area contributed by atoms with E-state index < -0.39 is 0 Å². The molecule has 0 saturated carbocycles. The number of nitrogens with one attached hydrogen (secondary N) is 1. The maximum atomic E-state index is 12.5. The molecule has 1 aliphatic heterocycles. The molecular formula is C16H24N2O2. The summed E-state index contributed by atoms with van der Waals surface area (Å²) in [6.45, 7) is 6.97. The van der Waals surface area contributed by atoms with Crippen molar-refractivity contribution in [1.82, 2.24) is 10.2 Å². The monoisotopic (exact) mass is 276 g/mol. The third kappa shape index (κ3) is 2.66. The molecule has 1 fully saturated rings. The highest BCUT2D eigenvalue weighted by Gasteiger charge is 2.40. The Kier molecular flexibility index (Phi) is 4.65. The Morgan fingerprint density at radius 3 is 2.75 bits per heavy atom. The Hall–Kier alpha value is -1.55. The minimum atomic E-state index is -0.0869. The van der Waals surface area contributed by atoms with Gasteiger partial charge in [0.05, 0.1) is 13.2 Å². The SMILES string of the molecule is CCC(C)C1NC(c2cccc(OC)c2)N(CC)C1=O. The first-order chi connectivity index (χ1) is 9.62. The van der Waals surface area contributed by atoms with Crippen molar-refractivity contribution in [3.63, 3.8) is 0 Å². The van der Waals surface area contributed by atoms with Crippen LogP contribution in [0.2, 0.25) is 0 Å². The van der Waals surface area contributed by atoms with E-state index in [1.165, 1.54) is 0 Å². The molecule has 1 aliphatic rings. The molecule has 3 atom stereocenters. The molecule has 0 aliphatic carbocycles. The third-order valence-electron chi connectivity index (χ3n) is 4.16. The number of carbonyl (C=O) groups is 1. The molecule has 0 radical (unpaired) electrons. The average Bonchev–Trinajstić information content (AvgIpc) is 2.83. The number of hydrogen-bond acceptors (Lipinski definition) is 3. The Morgan fingerprint density at radius 1 is 1.40 bits per heavy atom. The molecule has 1 amide bonds. The number of hydrogen-bond donors (Lipinski definition) is 1. The fraction of sp³-hybridized carbons (Fsp3) is 0.562. The molecule has 0 bridgehead atoms. The zero-order chi connectivity index (χ0) is 14.7. The van der Waals surface area contributed by atoms with Crippen LogP contribution in [0, 0.1) is 5.92 Å². The summed E-state index contributed by atoms with van der Waals surface area (Å²) in [5.41, 5.74) is 1.07. The predicted molar refractivity (Wildman–Crippen MR) is 79.5 cm³/mol.